The van der Waals surface area contributed by atoms with Gasteiger partial charge < -0.3 is 10.0 Å². The Balaban J connectivity index is 2.91. The molecule has 102 valence electrons. The molecular weight excluding hydrogens is 228 g/mol. The highest BCUT2D eigenvalue weighted by atomic mass is 16.3. The summed E-state index contributed by atoms with van der Waals surface area (Å²) in [6.45, 7) is 4.69. The first-order chi connectivity index (χ1) is 8.65. The first kappa shape index (κ1) is 15.0. The van der Waals surface area contributed by atoms with Crippen LogP contribution < -0.4 is 0 Å². The van der Waals surface area contributed by atoms with Crippen LogP contribution in [0.2, 0.25) is 0 Å². The smallest absolute Gasteiger partial charge is 0.243 e. The van der Waals surface area contributed by atoms with Crippen molar-refractivity contribution in [1.29, 1.82) is 5.26 Å². The third-order valence-corrected chi connectivity index (χ3v) is 3.83. The Morgan fingerprint density at radius 3 is 2.50 bits per heavy atom. The van der Waals surface area contributed by atoms with Gasteiger partial charge in [-0.05, 0) is 25.7 Å². The molecule has 1 atom stereocenters. The van der Waals surface area contributed by atoms with E-state index < -0.39 is 5.41 Å². The van der Waals surface area contributed by atoms with Gasteiger partial charge in [-0.2, -0.15) is 5.26 Å². The van der Waals surface area contributed by atoms with Gasteiger partial charge in [0.1, 0.15) is 5.41 Å². The van der Waals surface area contributed by atoms with Gasteiger partial charge in [-0.15, -0.1) is 0 Å². The lowest BCUT2D eigenvalue weighted by molar-refractivity contribution is -0.141. The fourth-order valence-corrected chi connectivity index (χ4v) is 2.92. The molecule has 1 fully saturated rings. The maximum absolute atomic E-state index is 12.6. The number of carbonyl (C=O) groups excluding carboxylic acids is 1. The molecule has 1 rings (SSSR count). The fraction of sp³-hybridized carbons (Fsp3) is 0.857. The maximum atomic E-state index is 12.6. The highest BCUT2D eigenvalue weighted by Crippen LogP contribution is 2.34. The summed E-state index contributed by atoms with van der Waals surface area (Å²) in [6.07, 6.45) is 4.67. The Kier molecular flexibility index (Phi) is 5.61. The summed E-state index contributed by atoms with van der Waals surface area (Å²) < 4.78 is 0. The van der Waals surface area contributed by atoms with Crippen LogP contribution in [0.5, 0.6) is 0 Å². The summed E-state index contributed by atoms with van der Waals surface area (Å²) >= 11 is 0. The lowest BCUT2D eigenvalue weighted by Gasteiger charge is -2.32. The van der Waals surface area contributed by atoms with Gasteiger partial charge in [-0.25, -0.2) is 0 Å². The number of aliphatic hydroxyl groups is 1. The number of aliphatic hydroxyl groups excluding tert-OH is 1. The zero-order valence-electron chi connectivity index (χ0n) is 11.5. The second kappa shape index (κ2) is 6.75. The number of amides is 1. The Hall–Kier alpha value is -1.08. The van der Waals surface area contributed by atoms with Crippen LogP contribution in [-0.2, 0) is 4.79 Å². The predicted molar refractivity (Wildman–Crippen MR) is 69.7 cm³/mol. The molecule has 0 aliphatic carbocycles. The lowest BCUT2D eigenvalue weighted by atomic mass is 9.79. The molecule has 1 unspecified atom stereocenters. The molecule has 4 heteroatoms. The zero-order valence-corrected chi connectivity index (χ0v) is 11.5. The van der Waals surface area contributed by atoms with Crippen molar-refractivity contribution in [2.75, 3.05) is 13.2 Å². The third kappa shape index (κ3) is 2.84. The molecule has 0 aromatic heterocycles. The molecule has 1 amide bonds. The van der Waals surface area contributed by atoms with Crippen molar-refractivity contribution in [3.63, 3.8) is 0 Å². The summed E-state index contributed by atoms with van der Waals surface area (Å²) in [4.78, 5) is 14.4. The Morgan fingerprint density at radius 1 is 1.44 bits per heavy atom. The SMILES string of the molecule is CCCC(C#N)(CCC)C(=O)N1CCCC1CO. The number of nitriles is 1. The first-order valence-electron chi connectivity index (χ1n) is 6.98. The normalized spacial score (nSPS) is 19.9. The molecule has 0 saturated carbocycles. The average Bonchev–Trinajstić information content (AvgIpc) is 2.85. The van der Waals surface area contributed by atoms with E-state index in [1.54, 1.807) is 4.90 Å². The van der Waals surface area contributed by atoms with Gasteiger partial charge in [0.2, 0.25) is 5.91 Å². The summed E-state index contributed by atoms with van der Waals surface area (Å²) in [5, 5.41) is 18.8. The molecule has 0 spiro atoms. The number of rotatable bonds is 6. The molecule has 18 heavy (non-hydrogen) atoms. The van der Waals surface area contributed by atoms with Crippen LogP contribution in [0.15, 0.2) is 0 Å². The van der Waals surface area contributed by atoms with Gasteiger partial charge in [0, 0.05) is 6.54 Å². The number of nitrogens with zero attached hydrogens (tertiary/aromatic N) is 2. The molecule has 4 nitrogen and oxygen atoms in total. The average molecular weight is 252 g/mol. The third-order valence-electron chi connectivity index (χ3n) is 3.83. The number of likely N-dealkylation sites (tertiary alicyclic amines) is 1. The minimum absolute atomic E-state index is 0.00545. The van der Waals surface area contributed by atoms with Crippen LogP contribution in [-0.4, -0.2) is 35.1 Å². The zero-order chi connectivity index (χ0) is 13.6. The van der Waals surface area contributed by atoms with E-state index in [0.29, 0.717) is 19.4 Å². The van der Waals surface area contributed by atoms with Gasteiger partial charge in [-0.1, -0.05) is 26.7 Å². The molecule has 1 heterocycles. The van der Waals surface area contributed by atoms with E-state index in [-0.39, 0.29) is 18.6 Å². The summed E-state index contributed by atoms with van der Waals surface area (Å²) in [5.74, 6) is -0.0646. The van der Waals surface area contributed by atoms with E-state index >= 15 is 0 Å². The quantitative estimate of drug-likeness (QED) is 0.787. The van der Waals surface area contributed by atoms with Crippen LogP contribution in [0.3, 0.4) is 0 Å². The predicted octanol–water partition coefficient (Wildman–Crippen LogP) is 2.08. The van der Waals surface area contributed by atoms with Crippen molar-refractivity contribution in [2.24, 2.45) is 5.41 Å². The van der Waals surface area contributed by atoms with Crippen molar-refractivity contribution < 1.29 is 9.90 Å². The van der Waals surface area contributed by atoms with Crippen LogP contribution in [0.1, 0.15) is 52.4 Å². The summed E-state index contributed by atoms with van der Waals surface area (Å²) in [5.41, 5.74) is -0.874. The van der Waals surface area contributed by atoms with Crippen LogP contribution in [0.4, 0.5) is 0 Å². The summed E-state index contributed by atoms with van der Waals surface area (Å²) in [6, 6.07) is 2.18. The highest BCUT2D eigenvalue weighted by molar-refractivity contribution is 5.86. The van der Waals surface area contributed by atoms with Gasteiger partial charge in [-0.3, -0.25) is 4.79 Å². The Bertz CT molecular complexity index is 316. The van der Waals surface area contributed by atoms with Gasteiger partial charge >= 0.3 is 0 Å². The minimum atomic E-state index is -0.874. The largest absolute Gasteiger partial charge is 0.394 e. The molecular formula is C14H24N2O2. The fourth-order valence-electron chi connectivity index (χ4n) is 2.92. The van der Waals surface area contributed by atoms with Crippen LogP contribution in [0.25, 0.3) is 0 Å². The molecule has 0 radical (unpaired) electrons. The topological polar surface area (TPSA) is 64.3 Å². The van der Waals surface area contributed by atoms with E-state index in [0.717, 1.165) is 25.7 Å². The summed E-state index contributed by atoms with van der Waals surface area (Å²) in [7, 11) is 0. The van der Waals surface area contributed by atoms with Gasteiger partial charge in [0.15, 0.2) is 0 Å². The maximum Gasteiger partial charge on any atom is 0.243 e. The van der Waals surface area contributed by atoms with Crippen LogP contribution in [0, 0.1) is 16.7 Å². The van der Waals surface area contributed by atoms with E-state index in [2.05, 4.69) is 6.07 Å². The Labute approximate surface area is 110 Å². The van der Waals surface area contributed by atoms with Gasteiger partial charge in [0.25, 0.3) is 0 Å². The monoisotopic (exact) mass is 252 g/mol. The Morgan fingerprint density at radius 2 is 2.06 bits per heavy atom. The molecule has 1 aliphatic rings. The molecule has 0 aromatic carbocycles. The standard InChI is InChI=1S/C14H24N2O2/c1-3-7-14(11-15,8-4-2)13(18)16-9-5-6-12(16)10-17/h12,17H,3-10H2,1-2H3. The van der Waals surface area contributed by atoms with Crippen molar-refractivity contribution in [3.05, 3.63) is 0 Å². The highest BCUT2D eigenvalue weighted by Gasteiger charge is 2.43. The van der Waals surface area contributed by atoms with Crippen molar-refractivity contribution in [3.8, 4) is 6.07 Å². The number of hydrogen-bond donors (Lipinski definition) is 1. The van der Waals surface area contributed by atoms with Crippen molar-refractivity contribution >= 4 is 5.91 Å². The van der Waals surface area contributed by atoms with E-state index in [1.165, 1.54) is 0 Å². The van der Waals surface area contributed by atoms with E-state index in [1.807, 2.05) is 13.8 Å². The van der Waals surface area contributed by atoms with Crippen molar-refractivity contribution in [2.45, 2.75) is 58.4 Å². The van der Waals surface area contributed by atoms with E-state index in [4.69, 9.17) is 0 Å². The minimum Gasteiger partial charge on any atom is -0.394 e. The van der Waals surface area contributed by atoms with Crippen LogP contribution >= 0.6 is 0 Å². The van der Waals surface area contributed by atoms with E-state index in [9.17, 15) is 15.2 Å². The van der Waals surface area contributed by atoms with Crippen molar-refractivity contribution in [1.82, 2.24) is 4.90 Å². The molecule has 0 aromatic rings. The van der Waals surface area contributed by atoms with Gasteiger partial charge in [0.05, 0.1) is 18.7 Å². The lowest BCUT2D eigenvalue weighted by Crippen LogP contribution is -2.46. The first-order valence-corrected chi connectivity index (χ1v) is 6.98. The second-order valence-corrected chi connectivity index (χ2v) is 5.17. The molecule has 1 N–H and O–H groups in total. The molecule has 1 saturated heterocycles. The molecule has 0 bridgehead atoms. The number of hydrogen-bond acceptors (Lipinski definition) is 3. The second-order valence-electron chi connectivity index (χ2n) is 5.17. The molecule has 1 aliphatic heterocycles. The number of carbonyl (C=O) groups is 1.